The summed E-state index contributed by atoms with van der Waals surface area (Å²) >= 11 is 6.04. The molecule has 0 radical (unpaired) electrons. The van der Waals surface area contributed by atoms with E-state index in [0.29, 0.717) is 10.7 Å². The number of hydrogen-bond acceptors (Lipinski definition) is 3. The molecule has 0 aliphatic carbocycles. The van der Waals surface area contributed by atoms with E-state index in [1.54, 1.807) is 23.9 Å². The number of aromatic nitrogens is 1. The molecule has 2 rings (SSSR count). The largest absolute Gasteiger partial charge is 0.384 e. The van der Waals surface area contributed by atoms with Gasteiger partial charge in [-0.15, -0.1) is 0 Å². The van der Waals surface area contributed by atoms with Gasteiger partial charge in [0.15, 0.2) is 0 Å². The zero-order valence-corrected chi connectivity index (χ0v) is 11.0. The molecule has 0 bridgehead atoms. The van der Waals surface area contributed by atoms with Crippen LogP contribution in [0.2, 0.25) is 5.02 Å². The van der Waals surface area contributed by atoms with E-state index in [0.717, 1.165) is 25.9 Å². The van der Waals surface area contributed by atoms with Crippen LogP contribution in [0.5, 0.6) is 0 Å². The van der Waals surface area contributed by atoms with Crippen LogP contribution in [0.3, 0.4) is 0 Å². The third-order valence-electron chi connectivity index (χ3n) is 3.36. The van der Waals surface area contributed by atoms with Crippen LogP contribution in [0.15, 0.2) is 17.1 Å². The van der Waals surface area contributed by atoms with E-state index in [-0.39, 0.29) is 11.6 Å². The van der Waals surface area contributed by atoms with Crippen LogP contribution in [0.1, 0.15) is 18.9 Å². The quantitative estimate of drug-likeness (QED) is 0.876. The number of piperidine rings is 1. The molecule has 0 atom stereocenters. The van der Waals surface area contributed by atoms with Gasteiger partial charge in [-0.25, -0.2) is 0 Å². The first-order valence-corrected chi connectivity index (χ1v) is 6.27. The molecule has 17 heavy (non-hydrogen) atoms. The molecule has 0 saturated carbocycles. The van der Waals surface area contributed by atoms with Crippen molar-refractivity contribution in [3.63, 3.8) is 0 Å². The Morgan fingerprint density at radius 1 is 1.41 bits per heavy atom. The maximum Gasteiger partial charge on any atom is 0.274 e. The number of pyridine rings is 1. The standard InChI is InChI=1S/C12H18ClN3O/c1-14-11-7-9(13)8-16(12(11)17)10-3-5-15(2)6-4-10/h7-8,10,14H,3-6H2,1-2H3. The molecular formula is C12H18ClN3O. The third-order valence-corrected chi connectivity index (χ3v) is 3.57. The lowest BCUT2D eigenvalue weighted by molar-refractivity contribution is 0.219. The van der Waals surface area contributed by atoms with Gasteiger partial charge in [-0.05, 0) is 39.0 Å². The monoisotopic (exact) mass is 255 g/mol. The Labute approximate surface area is 106 Å². The summed E-state index contributed by atoms with van der Waals surface area (Å²) in [5.41, 5.74) is 0.586. The number of nitrogens with one attached hydrogen (secondary N) is 1. The topological polar surface area (TPSA) is 37.3 Å². The molecule has 0 amide bonds. The minimum Gasteiger partial charge on any atom is -0.384 e. The van der Waals surface area contributed by atoms with Gasteiger partial charge in [0, 0.05) is 19.3 Å². The van der Waals surface area contributed by atoms with Gasteiger partial charge in [-0.2, -0.15) is 0 Å². The predicted molar refractivity (Wildman–Crippen MR) is 71.0 cm³/mol. The molecule has 1 saturated heterocycles. The van der Waals surface area contributed by atoms with Crippen molar-refractivity contribution in [3.8, 4) is 0 Å². The number of nitrogens with zero attached hydrogens (tertiary/aromatic N) is 2. The Kier molecular flexibility index (Phi) is 3.74. The second-order valence-corrected chi connectivity index (χ2v) is 5.01. The molecule has 1 N–H and O–H groups in total. The fraction of sp³-hybridized carbons (Fsp3) is 0.583. The molecule has 0 aromatic carbocycles. The number of likely N-dealkylation sites (tertiary alicyclic amines) is 1. The van der Waals surface area contributed by atoms with Crippen molar-refractivity contribution >= 4 is 17.3 Å². The van der Waals surface area contributed by atoms with Gasteiger partial charge in [0.2, 0.25) is 0 Å². The zero-order valence-electron chi connectivity index (χ0n) is 10.2. The van der Waals surface area contributed by atoms with Crippen LogP contribution in [0.25, 0.3) is 0 Å². The van der Waals surface area contributed by atoms with E-state index in [9.17, 15) is 4.79 Å². The highest BCUT2D eigenvalue weighted by atomic mass is 35.5. The minimum atomic E-state index is 0.0199. The maximum atomic E-state index is 12.2. The number of anilines is 1. The highest BCUT2D eigenvalue weighted by Crippen LogP contribution is 2.22. The van der Waals surface area contributed by atoms with Crippen LogP contribution < -0.4 is 10.9 Å². The molecule has 1 aromatic rings. The van der Waals surface area contributed by atoms with Crippen molar-refractivity contribution in [2.45, 2.75) is 18.9 Å². The summed E-state index contributed by atoms with van der Waals surface area (Å²) in [6, 6.07) is 1.94. The fourth-order valence-electron chi connectivity index (χ4n) is 2.29. The molecule has 1 aliphatic rings. The van der Waals surface area contributed by atoms with E-state index < -0.39 is 0 Å². The van der Waals surface area contributed by atoms with Gasteiger partial charge in [-0.1, -0.05) is 11.6 Å². The third kappa shape index (κ3) is 2.64. The highest BCUT2D eigenvalue weighted by Gasteiger charge is 2.20. The number of rotatable bonds is 2. The van der Waals surface area contributed by atoms with Crippen molar-refractivity contribution in [1.82, 2.24) is 9.47 Å². The molecule has 4 nitrogen and oxygen atoms in total. The minimum absolute atomic E-state index is 0.0199. The molecule has 2 heterocycles. The van der Waals surface area contributed by atoms with Crippen molar-refractivity contribution < 1.29 is 0 Å². The predicted octanol–water partition coefficient (Wildman–Crippen LogP) is 1.81. The first-order valence-electron chi connectivity index (χ1n) is 5.90. The average Bonchev–Trinajstić information content (AvgIpc) is 2.33. The lowest BCUT2D eigenvalue weighted by atomic mass is 10.1. The van der Waals surface area contributed by atoms with Gasteiger partial charge in [-0.3, -0.25) is 4.79 Å². The van der Waals surface area contributed by atoms with Gasteiger partial charge in [0.25, 0.3) is 5.56 Å². The molecule has 5 heteroatoms. The smallest absolute Gasteiger partial charge is 0.274 e. The van der Waals surface area contributed by atoms with E-state index in [1.165, 1.54) is 0 Å². The lowest BCUT2D eigenvalue weighted by Crippen LogP contribution is -2.35. The normalized spacial score (nSPS) is 18.3. The Morgan fingerprint density at radius 3 is 2.65 bits per heavy atom. The highest BCUT2D eigenvalue weighted by molar-refractivity contribution is 6.30. The molecule has 94 valence electrons. The van der Waals surface area contributed by atoms with Crippen LogP contribution in [-0.4, -0.2) is 36.7 Å². The van der Waals surface area contributed by atoms with Crippen LogP contribution in [-0.2, 0) is 0 Å². The summed E-state index contributed by atoms with van der Waals surface area (Å²) in [5.74, 6) is 0. The van der Waals surface area contributed by atoms with Crippen LogP contribution in [0, 0.1) is 0 Å². The van der Waals surface area contributed by atoms with Crippen LogP contribution in [0.4, 0.5) is 5.69 Å². The van der Waals surface area contributed by atoms with Crippen molar-refractivity contribution in [2.24, 2.45) is 0 Å². The van der Waals surface area contributed by atoms with Gasteiger partial charge >= 0.3 is 0 Å². The number of hydrogen-bond donors (Lipinski definition) is 1. The fourth-order valence-corrected chi connectivity index (χ4v) is 2.51. The van der Waals surface area contributed by atoms with E-state index in [2.05, 4.69) is 17.3 Å². The molecule has 1 fully saturated rings. The first-order chi connectivity index (χ1) is 8.11. The molecular weight excluding hydrogens is 238 g/mol. The Morgan fingerprint density at radius 2 is 2.06 bits per heavy atom. The van der Waals surface area contributed by atoms with E-state index in [4.69, 9.17) is 11.6 Å². The molecule has 0 unspecified atom stereocenters. The lowest BCUT2D eigenvalue weighted by Gasteiger charge is -2.30. The summed E-state index contributed by atoms with van der Waals surface area (Å²) in [6.45, 7) is 2.05. The maximum absolute atomic E-state index is 12.2. The summed E-state index contributed by atoms with van der Waals surface area (Å²) < 4.78 is 1.78. The summed E-state index contributed by atoms with van der Waals surface area (Å²) in [6.07, 6.45) is 3.75. The second kappa shape index (κ2) is 5.10. The Balaban J connectivity index is 2.32. The van der Waals surface area contributed by atoms with Crippen molar-refractivity contribution in [2.75, 3.05) is 32.5 Å². The van der Waals surface area contributed by atoms with Crippen molar-refractivity contribution in [1.29, 1.82) is 0 Å². The van der Waals surface area contributed by atoms with Crippen molar-refractivity contribution in [3.05, 3.63) is 27.6 Å². The molecule has 1 aliphatic heterocycles. The van der Waals surface area contributed by atoms with E-state index in [1.807, 2.05) is 0 Å². The van der Waals surface area contributed by atoms with E-state index >= 15 is 0 Å². The molecule has 1 aromatic heterocycles. The SMILES string of the molecule is CNc1cc(Cl)cn(C2CCN(C)CC2)c1=O. The van der Waals surface area contributed by atoms with Gasteiger partial charge in [0.1, 0.15) is 5.69 Å². The summed E-state index contributed by atoms with van der Waals surface area (Å²) in [7, 11) is 3.85. The summed E-state index contributed by atoms with van der Waals surface area (Å²) in [4.78, 5) is 14.4. The first kappa shape index (κ1) is 12.5. The zero-order chi connectivity index (χ0) is 12.4. The van der Waals surface area contributed by atoms with Crippen LogP contribution >= 0.6 is 11.6 Å². The average molecular weight is 256 g/mol. The molecule has 0 spiro atoms. The second-order valence-electron chi connectivity index (χ2n) is 4.57. The van der Waals surface area contributed by atoms with Gasteiger partial charge < -0.3 is 14.8 Å². The Hall–Kier alpha value is -1.00. The Bertz CT molecular complexity index is 450. The van der Waals surface area contributed by atoms with Gasteiger partial charge in [0.05, 0.1) is 5.02 Å². The summed E-state index contributed by atoms with van der Waals surface area (Å²) in [5, 5.41) is 3.50. The number of halogens is 1.